The Hall–Kier alpha value is -1.39. The summed E-state index contributed by atoms with van der Waals surface area (Å²) >= 11 is 11.5. The molecule has 0 unspecified atom stereocenters. The summed E-state index contributed by atoms with van der Waals surface area (Å²) in [6.07, 6.45) is 0. The smallest absolute Gasteiger partial charge is 0.235 e. The van der Waals surface area contributed by atoms with Crippen LogP contribution in [-0.2, 0) is 0 Å². The van der Waals surface area contributed by atoms with Gasteiger partial charge in [0.15, 0.2) is 0 Å². The quantitative estimate of drug-likeness (QED) is 0.839. The van der Waals surface area contributed by atoms with Crippen molar-refractivity contribution in [2.24, 2.45) is 0 Å². The molecule has 1 aromatic carbocycles. The number of anilines is 2. The molecule has 0 saturated heterocycles. The van der Waals surface area contributed by atoms with Gasteiger partial charge in [-0.15, -0.1) is 0 Å². The monoisotopic (exact) mass is 268 g/mol. The van der Waals surface area contributed by atoms with E-state index >= 15 is 0 Å². The second-order valence-corrected chi connectivity index (χ2v) is 4.25. The molecule has 6 heteroatoms. The van der Waals surface area contributed by atoms with Gasteiger partial charge in [-0.3, -0.25) is 0 Å². The van der Waals surface area contributed by atoms with Crippen LogP contribution < -0.4 is 4.90 Å². The molecule has 17 heavy (non-hydrogen) atoms. The second-order valence-electron chi connectivity index (χ2n) is 3.57. The van der Waals surface area contributed by atoms with Gasteiger partial charge in [-0.1, -0.05) is 12.1 Å². The molecule has 0 aliphatic rings. The Balaban J connectivity index is 2.39. The minimum atomic E-state index is 0.0829. The summed E-state index contributed by atoms with van der Waals surface area (Å²) < 4.78 is 0. The Bertz CT molecular complexity index is 524. The van der Waals surface area contributed by atoms with Crippen molar-refractivity contribution in [3.05, 3.63) is 40.4 Å². The van der Waals surface area contributed by atoms with Crippen molar-refractivity contribution in [1.29, 1.82) is 0 Å². The lowest BCUT2D eigenvalue weighted by Crippen LogP contribution is -2.13. The van der Waals surface area contributed by atoms with Crippen molar-refractivity contribution < 1.29 is 0 Å². The van der Waals surface area contributed by atoms with Crippen LogP contribution in [0.2, 0.25) is 10.6 Å². The molecule has 1 aromatic heterocycles. The standard InChI is InChI=1S/C11H10Cl2N4/c1-7-4-3-5-8(6-7)17(2)11-15-9(12)14-10(13)16-11/h3-6H,1-2H3. The van der Waals surface area contributed by atoms with Crippen molar-refractivity contribution in [3.63, 3.8) is 0 Å². The predicted molar refractivity (Wildman–Crippen MR) is 69.1 cm³/mol. The van der Waals surface area contributed by atoms with Gasteiger partial charge in [0.2, 0.25) is 16.5 Å². The number of benzene rings is 1. The highest BCUT2D eigenvalue weighted by Gasteiger charge is 2.10. The minimum absolute atomic E-state index is 0.0829. The number of hydrogen-bond donors (Lipinski definition) is 0. The van der Waals surface area contributed by atoms with Gasteiger partial charge in [-0.2, -0.15) is 15.0 Å². The lowest BCUT2D eigenvalue weighted by atomic mass is 10.2. The Morgan fingerprint density at radius 3 is 2.29 bits per heavy atom. The fraction of sp³-hybridized carbons (Fsp3) is 0.182. The van der Waals surface area contributed by atoms with Crippen LogP contribution >= 0.6 is 23.2 Å². The Morgan fingerprint density at radius 2 is 1.71 bits per heavy atom. The first kappa shape index (κ1) is 12.1. The zero-order chi connectivity index (χ0) is 12.4. The molecule has 0 saturated carbocycles. The van der Waals surface area contributed by atoms with Crippen LogP contribution in [0.5, 0.6) is 0 Å². The van der Waals surface area contributed by atoms with Crippen molar-refractivity contribution in [2.75, 3.05) is 11.9 Å². The number of rotatable bonds is 2. The van der Waals surface area contributed by atoms with E-state index in [0.29, 0.717) is 5.95 Å². The van der Waals surface area contributed by atoms with Gasteiger partial charge in [0, 0.05) is 12.7 Å². The fourth-order valence-electron chi connectivity index (χ4n) is 1.42. The number of nitrogens with zero attached hydrogens (tertiary/aromatic N) is 4. The normalized spacial score (nSPS) is 10.4. The zero-order valence-electron chi connectivity index (χ0n) is 9.35. The largest absolute Gasteiger partial charge is 0.313 e. The maximum Gasteiger partial charge on any atom is 0.235 e. The summed E-state index contributed by atoms with van der Waals surface area (Å²) in [7, 11) is 1.84. The lowest BCUT2D eigenvalue weighted by Gasteiger charge is -2.17. The summed E-state index contributed by atoms with van der Waals surface area (Å²) in [4.78, 5) is 13.6. The Morgan fingerprint density at radius 1 is 1.06 bits per heavy atom. The van der Waals surface area contributed by atoms with Gasteiger partial charge < -0.3 is 4.90 Å². The predicted octanol–water partition coefficient (Wildman–Crippen LogP) is 3.25. The first-order valence-electron chi connectivity index (χ1n) is 4.94. The lowest BCUT2D eigenvalue weighted by molar-refractivity contribution is 0.985. The van der Waals surface area contributed by atoms with Crippen LogP contribution in [0.1, 0.15) is 5.56 Å². The van der Waals surface area contributed by atoms with Crippen LogP contribution in [0.15, 0.2) is 24.3 Å². The molecular weight excluding hydrogens is 259 g/mol. The third-order valence-corrected chi connectivity index (χ3v) is 2.60. The molecule has 0 N–H and O–H groups in total. The van der Waals surface area contributed by atoms with E-state index in [4.69, 9.17) is 23.2 Å². The molecule has 0 atom stereocenters. The van der Waals surface area contributed by atoms with E-state index in [-0.39, 0.29) is 10.6 Å². The molecule has 0 spiro atoms. The first-order chi connectivity index (χ1) is 8.06. The molecule has 2 rings (SSSR count). The molecule has 0 fully saturated rings. The van der Waals surface area contributed by atoms with Crippen LogP contribution in [0.3, 0.4) is 0 Å². The van der Waals surface area contributed by atoms with E-state index < -0.39 is 0 Å². The topological polar surface area (TPSA) is 41.9 Å². The van der Waals surface area contributed by atoms with Crippen LogP contribution in [0.25, 0.3) is 0 Å². The van der Waals surface area contributed by atoms with Gasteiger partial charge in [0.05, 0.1) is 0 Å². The van der Waals surface area contributed by atoms with Crippen molar-refractivity contribution in [1.82, 2.24) is 15.0 Å². The summed E-state index contributed by atoms with van der Waals surface area (Å²) in [6, 6.07) is 7.96. The van der Waals surface area contributed by atoms with Gasteiger partial charge in [-0.25, -0.2) is 0 Å². The summed E-state index contributed by atoms with van der Waals surface area (Å²) in [5.41, 5.74) is 2.11. The summed E-state index contributed by atoms with van der Waals surface area (Å²) in [5, 5.41) is 0.166. The third-order valence-electron chi connectivity index (χ3n) is 2.26. The van der Waals surface area contributed by atoms with Crippen LogP contribution in [-0.4, -0.2) is 22.0 Å². The van der Waals surface area contributed by atoms with E-state index in [1.807, 2.05) is 38.2 Å². The average molecular weight is 269 g/mol. The van der Waals surface area contributed by atoms with Crippen molar-refractivity contribution in [2.45, 2.75) is 6.92 Å². The molecule has 0 aliphatic carbocycles. The maximum absolute atomic E-state index is 5.74. The Labute approximate surface area is 109 Å². The molecule has 1 heterocycles. The van der Waals surface area contributed by atoms with Gasteiger partial charge in [0.1, 0.15) is 0 Å². The first-order valence-corrected chi connectivity index (χ1v) is 5.69. The summed E-state index contributed by atoms with van der Waals surface area (Å²) in [6.45, 7) is 2.02. The van der Waals surface area contributed by atoms with Crippen molar-refractivity contribution in [3.8, 4) is 0 Å². The number of aromatic nitrogens is 3. The second kappa shape index (κ2) is 4.85. The van der Waals surface area contributed by atoms with Gasteiger partial charge >= 0.3 is 0 Å². The summed E-state index contributed by atoms with van der Waals surface area (Å²) in [5.74, 6) is 0.417. The zero-order valence-corrected chi connectivity index (χ0v) is 10.9. The molecule has 0 aliphatic heterocycles. The SMILES string of the molecule is Cc1cccc(N(C)c2nc(Cl)nc(Cl)n2)c1. The Kier molecular flexibility index (Phi) is 3.45. The molecular formula is C11H10Cl2N4. The fourth-order valence-corrected chi connectivity index (χ4v) is 1.77. The van der Waals surface area contributed by atoms with E-state index in [9.17, 15) is 0 Å². The highest BCUT2D eigenvalue weighted by atomic mass is 35.5. The van der Waals surface area contributed by atoms with Crippen molar-refractivity contribution >= 4 is 34.8 Å². The molecule has 88 valence electrons. The number of hydrogen-bond acceptors (Lipinski definition) is 4. The maximum atomic E-state index is 5.74. The molecule has 4 nitrogen and oxygen atoms in total. The molecule has 0 amide bonds. The van der Waals surface area contributed by atoms with E-state index in [1.54, 1.807) is 4.90 Å². The van der Waals surface area contributed by atoms with E-state index in [0.717, 1.165) is 11.3 Å². The highest BCUT2D eigenvalue weighted by Crippen LogP contribution is 2.22. The van der Waals surface area contributed by atoms with Crippen LogP contribution in [0.4, 0.5) is 11.6 Å². The highest BCUT2D eigenvalue weighted by molar-refractivity contribution is 6.31. The van der Waals surface area contributed by atoms with Gasteiger partial charge in [0.25, 0.3) is 0 Å². The number of aryl methyl sites for hydroxylation is 1. The van der Waals surface area contributed by atoms with E-state index in [2.05, 4.69) is 15.0 Å². The molecule has 0 bridgehead atoms. The minimum Gasteiger partial charge on any atom is -0.313 e. The molecule has 0 radical (unpaired) electrons. The third kappa shape index (κ3) is 2.84. The van der Waals surface area contributed by atoms with Gasteiger partial charge in [-0.05, 0) is 47.8 Å². The van der Waals surface area contributed by atoms with E-state index in [1.165, 1.54) is 0 Å². The average Bonchev–Trinajstić information content (AvgIpc) is 2.26. The van der Waals surface area contributed by atoms with Crippen LogP contribution in [0, 0.1) is 6.92 Å². The molecule has 2 aromatic rings. The number of halogens is 2.